The fourth-order valence-corrected chi connectivity index (χ4v) is 2.40. The lowest BCUT2D eigenvalue weighted by atomic mass is 10.2. The van der Waals surface area contributed by atoms with Crippen LogP contribution in [0, 0.1) is 5.92 Å². The van der Waals surface area contributed by atoms with Crippen molar-refractivity contribution >= 4 is 34.8 Å². The molecule has 0 spiro atoms. The van der Waals surface area contributed by atoms with Gasteiger partial charge >= 0.3 is 0 Å². The van der Waals surface area contributed by atoms with E-state index in [1.54, 1.807) is 48.5 Å². The van der Waals surface area contributed by atoms with Crippen molar-refractivity contribution in [2.75, 3.05) is 22.5 Å². The molecule has 0 aliphatic carbocycles. The van der Waals surface area contributed by atoms with Crippen molar-refractivity contribution in [3.05, 3.63) is 54.1 Å². The van der Waals surface area contributed by atoms with E-state index in [-0.39, 0.29) is 36.2 Å². The molecule has 0 bridgehead atoms. The second kappa shape index (κ2) is 10.3. The van der Waals surface area contributed by atoms with Gasteiger partial charge in [0.1, 0.15) is 0 Å². The number of amides is 3. The van der Waals surface area contributed by atoms with Crippen molar-refractivity contribution in [3.8, 4) is 0 Å². The molecule has 7 nitrogen and oxygen atoms in total. The van der Waals surface area contributed by atoms with Crippen LogP contribution in [-0.4, -0.2) is 30.3 Å². The van der Waals surface area contributed by atoms with Gasteiger partial charge in [-0.15, -0.1) is 0 Å². The Hall–Kier alpha value is -3.35. The van der Waals surface area contributed by atoms with Gasteiger partial charge in [-0.1, -0.05) is 13.8 Å². The van der Waals surface area contributed by atoms with E-state index in [4.69, 9.17) is 0 Å². The zero-order chi connectivity index (χ0) is 21.4. The van der Waals surface area contributed by atoms with Crippen LogP contribution >= 0.6 is 0 Å². The van der Waals surface area contributed by atoms with E-state index in [1.165, 1.54) is 0 Å². The lowest BCUT2D eigenvalue weighted by Gasteiger charge is -2.11. The van der Waals surface area contributed by atoms with Gasteiger partial charge in [0.25, 0.3) is 5.91 Å². The molecule has 0 heterocycles. The number of rotatable bonds is 8. The Morgan fingerprint density at radius 2 is 1.28 bits per heavy atom. The van der Waals surface area contributed by atoms with Crippen LogP contribution in [0.15, 0.2) is 48.5 Å². The Labute approximate surface area is 171 Å². The maximum atomic E-state index is 12.1. The number of nitrogens with one attached hydrogen (secondary N) is 4. The first-order valence-corrected chi connectivity index (χ1v) is 9.60. The molecule has 0 fully saturated rings. The van der Waals surface area contributed by atoms with Crippen LogP contribution in [0.5, 0.6) is 0 Å². The van der Waals surface area contributed by atoms with Crippen molar-refractivity contribution in [1.82, 2.24) is 5.32 Å². The third-order valence-corrected chi connectivity index (χ3v) is 3.98. The Morgan fingerprint density at radius 1 is 0.759 bits per heavy atom. The van der Waals surface area contributed by atoms with Gasteiger partial charge in [-0.05, 0) is 62.4 Å². The maximum absolute atomic E-state index is 12.1. The number of benzene rings is 2. The highest BCUT2D eigenvalue weighted by Gasteiger charge is 2.09. The van der Waals surface area contributed by atoms with Crippen molar-refractivity contribution in [2.45, 2.75) is 33.7 Å². The fraction of sp³-hybridized carbons (Fsp3) is 0.318. The number of carbonyl (C=O) groups excluding carboxylic acids is 3. The van der Waals surface area contributed by atoms with Gasteiger partial charge in [0, 0.05) is 34.6 Å². The first kappa shape index (κ1) is 21.9. The van der Waals surface area contributed by atoms with E-state index in [1.807, 2.05) is 27.7 Å². The van der Waals surface area contributed by atoms with E-state index in [2.05, 4.69) is 21.3 Å². The van der Waals surface area contributed by atoms with E-state index >= 15 is 0 Å². The molecule has 0 radical (unpaired) electrons. The van der Waals surface area contributed by atoms with Gasteiger partial charge < -0.3 is 21.3 Å². The molecule has 7 heteroatoms. The van der Waals surface area contributed by atoms with E-state index < -0.39 is 0 Å². The molecule has 0 aromatic heterocycles. The summed E-state index contributed by atoms with van der Waals surface area (Å²) >= 11 is 0. The van der Waals surface area contributed by atoms with Gasteiger partial charge in [-0.2, -0.15) is 0 Å². The predicted molar refractivity (Wildman–Crippen MR) is 116 cm³/mol. The zero-order valence-electron chi connectivity index (χ0n) is 17.2. The highest BCUT2D eigenvalue weighted by Crippen LogP contribution is 2.15. The number of hydrogen-bond acceptors (Lipinski definition) is 4. The average Bonchev–Trinajstić information content (AvgIpc) is 2.67. The lowest BCUT2D eigenvalue weighted by molar-refractivity contribution is -0.119. The summed E-state index contributed by atoms with van der Waals surface area (Å²) in [5.74, 6) is -0.485. The molecule has 0 saturated carbocycles. The lowest BCUT2D eigenvalue weighted by Crippen LogP contribution is -2.30. The minimum atomic E-state index is -0.203. The molecule has 2 aromatic carbocycles. The largest absolute Gasteiger partial charge is 0.376 e. The minimum absolute atomic E-state index is 0.0568. The van der Waals surface area contributed by atoms with Crippen LogP contribution in [0.25, 0.3) is 0 Å². The predicted octanol–water partition coefficient (Wildman–Crippen LogP) is 3.47. The molecule has 3 amide bonds. The maximum Gasteiger partial charge on any atom is 0.251 e. The first-order valence-electron chi connectivity index (χ1n) is 9.60. The first-order chi connectivity index (χ1) is 13.7. The van der Waals surface area contributed by atoms with E-state index in [0.717, 1.165) is 5.69 Å². The molecule has 0 aliphatic heterocycles. The van der Waals surface area contributed by atoms with E-state index in [9.17, 15) is 14.4 Å². The molecule has 0 aliphatic rings. The summed E-state index contributed by atoms with van der Waals surface area (Å²) in [6, 6.07) is 14.0. The Morgan fingerprint density at radius 3 is 1.79 bits per heavy atom. The molecule has 0 saturated heterocycles. The summed E-state index contributed by atoms with van der Waals surface area (Å²) in [6.07, 6.45) is 0. The van der Waals surface area contributed by atoms with Crippen molar-refractivity contribution in [2.24, 2.45) is 5.92 Å². The molecule has 29 heavy (non-hydrogen) atoms. The Kier molecular flexibility index (Phi) is 7.77. The van der Waals surface area contributed by atoms with Crippen LogP contribution in [-0.2, 0) is 9.59 Å². The van der Waals surface area contributed by atoms with Crippen LogP contribution in [0.2, 0.25) is 0 Å². The van der Waals surface area contributed by atoms with E-state index in [0.29, 0.717) is 16.9 Å². The Bertz CT molecular complexity index is 843. The quantitative estimate of drug-likeness (QED) is 0.549. The van der Waals surface area contributed by atoms with Gasteiger partial charge in [0.15, 0.2) is 0 Å². The minimum Gasteiger partial charge on any atom is -0.376 e. The van der Waals surface area contributed by atoms with Crippen molar-refractivity contribution in [3.63, 3.8) is 0 Å². The summed E-state index contributed by atoms with van der Waals surface area (Å²) in [7, 11) is 0. The summed E-state index contributed by atoms with van der Waals surface area (Å²) < 4.78 is 0. The van der Waals surface area contributed by atoms with Crippen LogP contribution in [0.4, 0.5) is 17.1 Å². The van der Waals surface area contributed by atoms with Crippen LogP contribution in [0.1, 0.15) is 38.1 Å². The molecule has 0 unspecified atom stereocenters. The smallest absolute Gasteiger partial charge is 0.251 e. The van der Waals surface area contributed by atoms with Gasteiger partial charge in [0.05, 0.1) is 6.54 Å². The molecular formula is C22H28N4O3. The fourth-order valence-electron chi connectivity index (χ4n) is 2.40. The standard InChI is InChI=1S/C22H28N4O3/c1-14(2)21(28)26-19-11-9-18(10-12-19)25-20(27)13-23-17-7-5-16(6-8-17)22(29)24-15(3)4/h5-12,14-15,23H,13H2,1-4H3,(H,24,29)(H,25,27)(H,26,28). The second-order valence-electron chi connectivity index (χ2n) is 7.33. The molecule has 2 rings (SSSR count). The molecular weight excluding hydrogens is 368 g/mol. The normalized spacial score (nSPS) is 10.6. The molecule has 154 valence electrons. The van der Waals surface area contributed by atoms with Gasteiger partial charge in [0.2, 0.25) is 11.8 Å². The third kappa shape index (κ3) is 7.29. The molecule has 2 aromatic rings. The van der Waals surface area contributed by atoms with Crippen LogP contribution in [0.3, 0.4) is 0 Å². The van der Waals surface area contributed by atoms with Gasteiger partial charge in [-0.25, -0.2) is 0 Å². The van der Waals surface area contributed by atoms with Crippen LogP contribution < -0.4 is 21.3 Å². The van der Waals surface area contributed by atoms with Crippen molar-refractivity contribution in [1.29, 1.82) is 0 Å². The zero-order valence-corrected chi connectivity index (χ0v) is 17.2. The topological polar surface area (TPSA) is 99.3 Å². The summed E-state index contributed by atoms with van der Waals surface area (Å²) in [4.78, 5) is 35.7. The number of anilines is 3. The van der Waals surface area contributed by atoms with Crippen molar-refractivity contribution < 1.29 is 14.4 Å². The second-order valence-corrected chi connectivity index (χ2v) is 7.33. The number of carbonyl (C=O) groups is 3. The highest BCUT2D eigenvalue weighted by molar-refractivity contribution is 5.96. The average molecular weight is 396 g/mol. The summed E-state index contributed by atoms with van der Waals surface area (Å²) in [5, 5.41) is 11.4. The third-order valence-electron chi connectivity index (χ3n) is 3.98. The highest BCUT2D eigenvalue weighted by atomic mass is 16.2. The molecule has 0 atom stereocenters. The Balaban J connectivity index is 1.82. The summed E-state index contributed by atoms with van der Waals surface area (Å²) in [6.45, 7) is 7.54. The number of hydrogen-bond donors (Lipinski definition) is 4. The summed E-state index contributed by atoms with van der Waals surface area (Å²) in [5.41, 5.74) is 2.63. The molecule has 4 N–H and O–H groups in total. The van der Waals surface area contributed by atoms with Gasteiger partial charge in [-0.3, -0.25) is 14.4 Å². The SMILES string of the molecule is CC(C)NC(=O)c1ccc(NCC(=O)Nc2ccc(NC(=O)C(C)C)cc2)cc1. The monoisotopic (exact) mass is 396 g/mol.